The maximum absolute atomic E-state index is 13.0. The maximum atomic E-state index is 13.0. The summed E-state index contributed by atoms with van der Waals surface area (Å²) in [5, 5.41) is 2.66. The first kappa shape index (κ1) is 21.9. The molecule has 3 amide bonds. The van der Waals surface area contributed by atoms with Gasteiger partial charge in [-0.2, -0.15) is 0 Å². The second-order valence-corrected chi connectivity index (χ2v) is 8.62. The highest BCUT2D eigenvalue weighted by atomic mass is 16.5. The summed E-state index contributed by atoms with van der Waals surface area (Å²) >= 11 is 0. The lowest BCUT2D eigenvalue weighted by Crippen LogP contribution is -2.33. The molecule has 4 atom stereocenters. The number of nitrogens with zero attached hydrogens (tertiary/aromatic N) is 1. The van der Waals surface area contributed by atoms with Crippen LogP contribution >= 0.6 is 0 Å². The Hall–Kier alpha value is -3.94. The molecule has 2 bridgehead atoms. The number of ether oxygens (including phenoxy) is 2. The number of carbonyl (C=O) groups is 4. The fraction of sp³-hybridized carbons (Fsp3) is 0.308. The van der Waals surface area contributed by atoms with Gasteiger partial charge in [-0.15, -0.1) is 0 Å². The molecule has 8 nitrogen and oxygen atoms in total. The summed E-state index contributed by atoms with van der Waals surface area (Å²) < 4.78 is 10.6. The summed E-state index contributed by atoms with van der Waals surface area (Å²) in [6.45, 7) is 1.79. The molecule has 0 unspecified atom stereocenters. The Morgan fingerprint density at radius 2 is 1.71 bits per heavy atom. The van der Waals surface area contributed by atoms with Crippen LogP contribution in [0.3, 0.4) is 0 Å². The van der Waals surface area contributed by atoms with Crippen molar-refractivity contribution in [1.29, 1.82) is 0 Å². The van der Waals surface area contributed by atoms with E-state index in [2.05, 4.69) is 5.32 Å². The first-order chi connectivity index (χ1) is 16.5. The van der Waals surface area contributed by atoms with Crippen molar-refractivity contribution >= 4 is 35.1 Å². The monoisotopic (exact) mass is 460 g/mol. The van der Waals surface area contributed by atoms with Gasteiger partial charge in [-0.3, -0.25) is 14.4 Å². The van der Waals surface area contributed by atoms with Crippen LogP contribution in [0.15, 0.2) is 60.7 Å². The third kappa shape index (κ3) is 3.75. The second kappa shape index (κ2) is 8.78. The summed E-state index contributed by atoms with van der Waals surface area (Å²) in [5.74, 6) is -1.58. The van der Waals surface area contributed by atoms with Crippen LogP contribution in [0.2, 0.25) is 0 Å². The van der Waals surface area contributed by atoms with Crippen molar-refractivity contribution in [3.8, 4) is 5.75 Å². The van der Waals surface area contributed by atoms with Crippen LogP contribution in [0.5, 0.6) is 5.75 Å². The molecule has 5 rings (SSSR count). The number of amides is 3. The maximum Gasteiger partial charge on any atom is 0.338 e. The molecule has 2 aliphatic carbocycles. The van der Waals surface area contributed by atoms with Gasteiger partial charge in [-0.1, -0.05) is 30.4 Å². The van der Waals surface area contributed by atoms with Crippen LogP contribution in [-0.4, -0.2) is 36.9 Å². The van der Waals surface area contributed by atoms with Gasteiger partial charge in [0.25, 0.3) is 5.91 Å². The average molecular weight is 460 g/mol. The molecule has 2 aromatic rings. The van der Waals surface area contributed by atoms with E-state index < -0.39 is 18.5 Å². The quantitative estimate of drug-likeness (QED) is 0.387. The fourth-order valence-corrected chi connectivity index (χ4v) is 5.18. The Labute approximate surface area is 196 Å². The van der Waals surface area contributed by atoms with Crippen LogP contribution in [-0.2, 0) is 19.1 Å². The van der Waals surface area contributed by atoms with E-state index in [1.54, 1.807) is 36.4 Å². The summed E-state index contributed by atoms with van der Waals surface area (Å²) in [6.07, 6.45) is 4.92. The number of allylic oxidation sites excluding steroid dienone is 2. The lowest BCUT2D eigenvalue weighted by molar-refractivity contribution is -0.123. The SMILES string of the molecule is CCOc1ccccc1NC(=O)COC(=O)c1cccc(N2C(=O)[C@H]3[C@H](C2=O)[C@H]2C=C[C@H]3C2)c1. The molecule has 174 valence electrons. The lowest BCUT2D eigenvalue weighted by atomic mass is 9.85. The molecule has 2 aromatic carbocycles. The topological polar surface area (TPSA) is 102 Å². The molecule has 0 spiro atoms. The molecule has 1 aliphatic heterocycles. The molecule has 1 saturated carbocycles. The van der Waals surface area contributed by atoms with Crippen molar-refractivity contribution in [2.24, 2.45) is 23.7 Å². The van der Waals surface area contributed by atoms with Crippen molar-refractivity contribution < 1.29 is 28.7 Å². The summed E-state index contributed by atoms with van der Waals surface area (Å²) in [5.41, 5.74) is 0.972. The summed E-state index contributed by atoms with van der Waals surface area (Å²) in [4.78, 5) is 52.1. The van der Waals surface area contributed by atoms with Crippen LogP contribution in [0, 0.1) is 23.7 Å². The van der Waals surface area contributed by atoms with Crippen molar-refractivity contribution in [2.75, 3.05) is 23.4 Å². The highest BCUT2D eigenvalue weighted by molar-refractivity contribution is 6.23. The van der Waals surface area contributed by atoms with Crippen LogP contribution in [0.1, 0.15) is 23.7 Å². The minimum absolute atomic E-state index is 0.107. The summed E-state index contributed by atoms with van der Waals surface area (Å²) in [6, 6.07) is 13.2. The molecule has 0 aromatic heterocycles. The van der Waals surface area contributed by atoms with Crippen molar-refractivity contribution in [2.45, 2.75) is 13.3 Å². The van der Waals surface area contributed by atoms with E-state index in [1.165, 1.54) is 17.0 Å². The predicted molar refractivity (Wildman–Crippen MR) is 123 cm³/mol. The van der Waals surface area contributed by atoms with Crippen molar-refractivity contribution in [3.05, 3.63) is 66.2 Å². The summed E-state index contributed by atoms with van der Waals surface area (Å²) in [7, 11) is 0. The largest absolute Gasteiger partial charge is 0.492 e. The van der Waals surface area contributed by atoms with Gasteiger partial charge >= 0.3 is 5.97 Å². The first-order valence-corrected chi connectivity index (χ1v) is 11.3. The molecular weight excluding hydrogens is 436 g/mol. The number of rotatable bonds is 7. The number of imide groups is 1. The highest BCUT2D eigenvalue weighted by Crippen LogP contribution is 2.53. The Kier molecular flexibility index (Phi) is 5.65. The molecule has 2 fully saturated rings. The van der Waals surface area contributed by atoms with E-state index in [0.29, 0.717) is 23.7 Å². The van der Waals surface area contributed by atoms with Crippen molar-refractivity contribution in [3.63, 3.8) is 0 Å². The number of esters is 1. The van der Waals surface area contributed by atoms with Gasteiger partial charge in [0.15, 0.2) is 6.61 Å². The zero-order valence-electron chi connectivity index (χ0n) is 18.6. The van der Waals surface area contributed by atoms with E-state index in [4.69, 9.17) is 9.47 Å². The van der Waals surface area contributed by atoms with E-state index >= 15 is 0 Å². The number of anilines is 2. The van der Waals surface area contributed by atoms with E-state index in [-0.39, 0.29) is 41.0 Å². The Bertz CT molecular complexity index is 1180. The number of hydrogen-bond donors (Lipinski definition) is 1. The van der Waals surface area contributed by atoms with Crippen LogP contribution < -0.4 is 15.0 Å². The number of benzene rings is 2. The Morgan fingerprint density at radius 1 is 1.00 bits per heavy atom. The fourth-order valence-electron chi connectivity index (χ4n) is 5.18. The number of carbonyl (C=O) groups excluding carboxylic acids is 4. The smallest absolute Gasteiger partial charge is 0.338 e. The molecule has 34 heavy (non-hydrogen) atoms. The number of fused-ring (bicyclic) bond motifs is 5. The molecule has 0 radical (unpaired) electrons. The third-order valence-corrected chi connectivity index (χ3v) is 6.61. The zero-order valence-corrected chi connectivity index (χ0v) is 18.6. The second-order valence-electron chi connectivity index (χ2n) is 8.62. The lowest BCUT2D eigenvalue weighted by Gasteiger charge is -2.18. The zero-order chi connectivity index (χ0) is 23.8. The third-order valence-electron chi connectivity index (χ3n) is 6.61. The van der Waals surface area contributed by atoms with Gasteiger partial charge in [0.1, 0.15) is 5.75 Å². The standard InChI is InChI=1S/C26H24N2O6/c1-2-33-20-9-4-3-8-19(20)27-21(29)14-34-26(32)17-6-5-7-18(13-17)28-24(30)22-15-10-11-16(12-15)23(22)25(28)31/h3-11,13,15-16,22-23H,2,12,14H2,1H3,(H,27,29)/t15-,16-,22+,23+/m0/s1. The van der Waals surface area contributed by atoms with E-state index in [9.17, 15) is 19.2 Å². The number of para-hydroxylation sites is 2. The molecule has 1 heterocycles. The van der Waals surface area contributed by atoms with E-state index in [1.807, 2.05) is 19.1 Å². The molecule has 3 aliphatic rings. The van der Waals surface area contributed by atoms with Crippen LogP contribution in [0.25, 0.3) is 0 Å². The van der Waals surface area contributed by atoms with E-state index in [0.717, 1.165) is 6.42 Å². The Balaban J connectivity index is 1.24. The highest BCUT2D eigenvalue weighted by Gasteiger charge is 2.59. The van der Waals surface area contributed by atoms with Gasteiger partial charge in [0.05, 0.1) is 35.4 Å². The van der Waals surface area contributed by atoms with Crippen molar-refractivity contribution in [1.82, 2.24) is 0 Å². The number of nitrogens with one attached hydrogen (secondary N) is 1. The predicted octanol–water partition coefficient (Wildman–Crippen LogP) is 3.19. The average Bonchev–Trinajstić information content (AvgIpc) is 3.52. The Morgan fingerprint density at radius 3 is 2.41 bits per heavy atom. The number of hydrogen-bond acceptors (Lipinski definition) is 6. The normalized spacial score (nSPS) is 24.3. The van der Waals surface area contributed by atoms with Gasteiger partial charge in [0, 0.05) is 0 Å². The van der Waals surface area contributed by atoms with Gasteiger partial charge in [-0.25, -0.2) is 9.69 Å². The van der Waals surface area contributed by atoms with Crippen LogP contribution in [0.4, 0.5) is 11.4 Å². The van der Waals surface area contributed by atoms with Gasteiger partial charge < -0.3 is 14.8 Å². The molecule has 8 heteroatoms. The minimum atomic E-state index is -0.726. The van der Waals surface area contributed by atoms with Gasteiger partial charge in [-0.05, 0) is 55.5 Å². The molecule has 1 N–H and O–H groups in total. The molecular formula is C26H24N2O6. The molecule has 1 saturated heterocycles. The first-order valence-electron chi connectivity index (χ1n) is 11.3. The van der Waals surface area contributed by atoms with Gasteiger partial charge in [0.2, 0.25) is 11.8 Å². The minimum Gasteiger partial charge on any atom is -0.492 e.